The van der Waals surface area contributed by atoms with E-state index in [1.165, 1.54) is 25.1 Å². The Bertz CT molecular complexity index is 1730. The van der Waals surface area contributed by atoms with Crippen molar-refractivity contribution in [3.05, 3.63) is 64.6 Å². The number of aromatic nitrogens is 4. The molecule has 2 aromatic heterocycles. The lowest BCUT2D eigenvalue weighted by Gasteiger charge is -2.40. The fourth-order valence-corrected chi connectivity index (χ4v) is 5.01. The Balaban J connectivity index is 1.45. The van der Waals surface area contributed by atoms with Gasteiger partial charge in [-0.2, -0.15) is 0 Å². The standard InChI is InChI=1S/C31H38ClN7O5/c1-17(40)33-18-13-14-19(21(41)15-18)27(43)34-20-11-9-10-12-22(20)44-16-23(42)35-31(7,8)30(5,6)28-37-36-26-24(32)25(29(2,3)4)38-39(26)28/h9-15,38,41H,16H2,1-8H3,(H,33,40)(H,34,43)(H,35,42). The monoisotopic (exact) mass is 623 g/mol. The number of anilines is 2. The normalized spacial score (nSPS) is 12.2. The lowest BCUT2D eigenvalue weighted by molar-refractivity contribution is -0.125. The van der Waals surface area contributed by atoms with Crippen LogP contribution in [0.5, 0.6) is 11.5 Å². The molecule has 3 amide bonds. The molecule has 4 aromatic rings. The second-order valence-corrected chi connectivity index (χ2v) is 13.1. The highest BCUT2D eigenvalue weighted by Crippen LogP contribution is 2.37. The number of hydrogen-bond donors (Lipinski definition) is 5. The number of amides is 3. The Hall–Kier alpha value is -4.58. The molecule has 0 fully saturated rings. The second-order valence-electron chi connectivity index (χ2n) is 12.7. The van der Waals surface area contributed by atoms with Crippen molar-refractivity contribution in [3.8, 4) is 11.5 Å². The highest BCUT2D eigenvalue weighted by atomic mass is 35.5. The van der Waals surface area contributed by atoms with Gasteiger partial charge in [0.1, 0.15) is 16.5 Å². The first kappa shape index (κ1) is 32.3. The molecule has 2 heterocycles. The van der Waals surface area contributed by atoms with Gasteiger partial charge in [-0.1, -0.05) is 58.4 Å². The van der Waals surface area contributed by atoms with Crippen molar-refractivity contribution in [2.24, 2.45) is 0 Å². The molecule has 0 unspecified atom stereocenters. The van der Waals surface area contributed by atoms with E-state index >= 15 is 0 Å². The number of nitrogens with one attached hydrogen (secondary N) is 4. The quantitative estimate of drug-likeness (QED) is 0.172. The molecule has 234 valence electrons. The molecule has 0 aliphatic carbocycles. The smallest absolute Gasteiger partial charge is 0.259 e. The summed E-state index contributed by atoms with van der Waals surface area (Å²) < 4.78 is 7.57. The van der Waals surface area contributed by atoms with Crippen molar-refractivity contribution in [1.29, 1.82) is 0 Å². The van der Waals surface area contributed by atoms with Crippen LogP contribution in [0.15, 0.2) is 42.5 Å². The molecule has 0 aliphatic heterocycles. The van der Waals surface area contributed by atoms with Crippen LogP contribution in [0.3, 0.4) is 0 Å². The van der Waals surface area contributed by atoms with Crippen molar-refractivity contribution in [1.82, 2.24) is 25.1 Å². The molecular formula is C31H38ClN7O5. The minimum absolute atomic E-state index is 0.00352. The summed E-state index contributed by atoms with van der Waals surface area (Å²) in [6.07, 6.45) is 0. The maximum atomic E-state index is 13.2. The van der Waals surface area contributed by atoms with E-state index in [2.05, 4.69) is 31.2 Å². The third-order valence-corrected chi connectivity index (χ3v) is 8.04. The Labute approximate surface area is 260 Å². The molecule has 0 atom stereocenters. The number of carbonyl (C=O) groups is 3. The van der Waals surface area contributed by atoms with Gasteiger partial charge in [-0.15, -0.1) is 10.2 Å². The molecule has 12 nitrogen and oxygen atoms in total. The molecule has 0 bridgehead atoms. The SMILES string of the molecule is CC(=O)Nc1ccc(C(=O)Nc2ccccc2OCC(=O)NC(C)(C)C(C)(C)c2nnc3c(Cl)c(C(C)(C)C)[nH]n23)c(O)c1. The van der Waals surface area contributed by atoms with Crippen LogP contribution in [0, 0.1) is 0 Å². The largest absolute Gasteiger partial charge is 0.507 e. The number of phenolic OH excluding ortho intramolecular Hbond substituents is 1. The number of ether oxygens (including phenoxy) is 1. The summed E-state index contributed by atoms with van der Waals surface area (Å²) in [6, 6.07) is 10.8. The summed E-state index contributed by atoms with van der Waals surface area (Å²) in [7, 11) is 0. The van der Waals surface area contributed by atoms with Crippen molar-refractivity contribution < 1.29 is 24.2 Å². The van der Waals surface area contributed by atoms with Gasteiger partial charge in [-0.05, 0) is 38.1 Å². The summed E-state index contributed by atoms with van der Waals surface area (Å²) in [4.78, 5) is 37.3. The van der Waals surface area contributed by atoms with Crippen LogP contribution in [-0.2, 0) is 20.4 Å². The molecule has 0 radical (unpaired) electrons. The van der Waals surface area contributed by atoms with E-state index in [1.807, 2.05) is 48.5 Å². The number of carbonyl (C=O) groups excluding carboxylic acids is 3. The van der Waals surface area contributed by atoms with Crippen molar-refractivity contribution >= 4 is 46.3 Å². The zero-order valence-electron chi connectivity index (χ0n) is 26.0. The molecule has 2 aromatic carbocycles. The van der Waals surface area contributed by atoms with Gasteiger partial charge < -0.3 is 25.8 Å². The highest BCUT2D eigenvalue weighted by molar-refractivity contribution is 6.34. The van der Waals surface area contributed by atoms with Gasteiger partial charge in [0.05, 0.1) is 16.9 Å². The van der Waals surface area contributed by atoms with Crippen LogP contribution in [-0.4, -0.2) is 54.8 Å². The Morgan fingerprint density at radius 1 is 1.00 bits per heavy atom. The van der Waals surface area contributed by atoms with E-state index in [4.69, 9.17) is 16.3 Å². The van der Waals surface area contributed by atoms with Crippen LogP contribution in [0.4, 0.5) is 11.4 Å². The van der Waals surface area contributed by atoms with E-state index in [9.17, 15) is 19.5 Å². The number of phenols is 1. The van der Waals surface area contributed by atoms with Gasteiger partial charge >= 0.3 is 0 Å². The van der Waals surface area contributed by atoms with E-state index in [0.717, 1.165) is 5.69 Å². The zero-order valence-corrected chi connectivity index (χ0v) is 26.8. The molecule has 0 aliphatic rings. The summed E-state index contributed by atoms with van der Waals surface area (Å²) in [5, 5.41) is 31.2. The van der Waals surface area contributed by atoms with Crippen LogP contribution in [0.2, 0.25) is 5.02 Å². The first-order valence-corrected chi connectivity index (χ1v) is 14.4. The lowest BCUT2D eigenvalue weighted by Crippen LogP contribution is -2.57. The van der Waals surface area contributed by atoms with Gasteiger partial charge in [-0.25, -0.2) is 4.52 Å². The second kappa shape index (κ2) is 11.8. The minimum Gasteiger partial charge on any atom is -0.507 e. The molecular weight excluding hydrogens is 586 g/mol. The summed E-state index contributed by atoms with van der Waals surface area (Å²) in [6.45, 7) is 14.8. The third-order valence-electron chi connectivity index (χ3n) is 7.68. The first-order chi connectivity index (χ1) is 20.4. The van der Waals surface area contributed by atoms with Gasteiger partial charge in [-0.3, -0.25) is 19.5 Å². The third kappa shape index (κ3) is 6.49. The molecule has 44 heavy (non-hydrogen) atoms. The average molecular weight is 624 g/mol. The number of para-hydroxylation sites is 2. The summed E-state index contributed by atoms with van der Waals surface area (Å²) in [5.41, 5.74) is 0.233. The van der Waals surface area contributed by atoms with E-state index in [0.29, 0.717) is 27.9 Å². The number of aromatic amines is 1. The molecule has 4 rings (SSSR count). The molecule has 0 spiro atoms. The van der Waals surface area contributed by atoms with Gasteiger partial charge in [0.2, 0.25) is 5.91 Å². The summed E-state index contributed by atoms with van der Waals surface area (Å²) >= 11 is 6.62. The lowest BCUT2D eigenvalue weighted by atomic mass is 9.73. The molecule has 5 N–H and O–H groups in total. The van der Waals surface area contributed by atoms with Crippen molar-refractivity contribution in [2.75, 3.05) is 17.2 Å². The van der Waals surface area contributed by atoms with Crippen LogP contribution in [0.25, 0.3) is 5.65 Å². The number of H-pyrrole nitrogens is 1. The first-order valence-electron chi connectivity index (χ1n) is 14.0. The van der Waals surface area contributed by atoms with Crippen molar-refractivity contribution in [2.45, 2.75) is 71.8 Å². The number of aromatic hydroxyl groups is 1. The number of halogens is 1. The highest BCUT2D eigenvalue weighted by Gasteiger charge is 2.44. The summed E-state index contributed by atoms with van der Waals surface area (Å²) in [5.74, 6) is -0.748. The Morgan fingerprint density at radius 3 is 2.32 bits per heavy atom. The number of fused-ring (bicyclic) bond motifs is 1. The number of hydrogen-bond acceptors (Lipinski definition) is 7. The van der Waals surface area contributed by atoms with Gasteiger partial charge in [0.25, 0.3) is 11.8 Å². The van der Waals surface area contributed by atoms with Gasteiger partial charge in [0, 0.05) is 35.0 Å². The van der Waals surface area contributed by atoms with Crippen LogP contribution < -0.4 is 20.7 Å². The Kier molecular flexibility index (Phi) is 8.70. The Morgan fingerprint density at radius 2 is 1.68 bits per heavy atom. The van der Waals surface area contributed by atoms with Crippen molar-refractivity contribution in [3.63, 3.8) is 0 Å². The number of rotatable bonds is 9. The molecule has 0 saturated carbocycles. The predicted molar refractivity (Wildman–Crippen MR) is 169 cm³/mol. The predicted octanol–water partition coefficient (Wildman–Crippen LogP) is 5.18. The van der Waals surface area contributed by atoms with E-state index < -0.39 is 22.8 Å². The maximum Gasteiger partial charge on any atom is 0.259 e. The molecule has 0 saturated heterocycles. The number of nitrogens with zero attached hydrogens (tertiary/aromatic N) is 3. The van der Waals surface area contributed by atoms with Gasteiger partial charge in [0.15, 0.2) is 18.1 Å². The fraction of sp³-hybridized carbons (Fsp3) is 0.387. The van der Waals surface area contributed by atoms with Crippen LogP contribution >= 0.6 is 11.6 Å². The number of benzene rings is 2. The maximum absolute atomic E-state index is 13.2. The van der Waals surface area contributed by atoms with E-state index in [1.54, 1.807) is 28.8 Å². The van der Waals surface area contributed by atoms with Crippen LogP contribution in [0.1, 0.15) is 77.3 Å². The fourth-order valence-electron chi connectivity index (χ4n) is 4.56. The topological polar surface area (TPSA) is 163 Å². The zero-order chi connectivity index (χ0) is 32.6. The minimum atomic E-state index is -0.815. The average Bonchev–Trinajstić information content (AvgIpc) is 3.48. The molecule has 13 heteroatoms. The van der Waals surface area contributed by atoms with E-state index in [-0.39, 0.29) is 35.0 Å².